The van der Waals surface area contributed by atoms with E-state index in [4.69, 9.17) is 4.74 Å². The summed E-state index contributed by atoms with van der Waals surface area (Å²) in [6, 6.07) is 17.7. The number of methoxy groups -OCH3 is 1. The predicted molar refractivity (Wildman–Crippen MR) is 116 cm³/mol. The van der Waals surface area contributed by atoms with E-state index in [-0.39, 0.29) is 11.3 Å². The second-order valence-electron chi connectivity index (χ2n) is 7.10. The summed E-state index contributed by atoms with van der Waals surface area (Å²) >= 11 is 1.52. The molecule has 1 fully saturated rings. The number of thiophene rings is 1. The average molecular weight is 420 g/mol. The van der Waals surface area contributed by atoms with E-state index in [1.54, 1.807) is 19.2 Å². The summed E-state index contributed by atoms with van der Waals surface area (Å²) in [6.07, 6.45) is 0. The van der Waals surface area contributed by atoms with Crippen LogP contribution in [0.3, 0.4) is 0 Å². The van der Waals surface area contributed by atoms with Crippen molar-refractivity contribution in [2.45, 2.75) is 19.5 Å². The second kappa shape index (κ2) is 8.16. The molecule has 2 aromatic carbocycles. The number of aliphatic hydroxyl groups is 1. The average Bonchev–Trinajstić information content (AvgIpc) is 3.36. The Morgan fingerprint density at radius 2 is 1.87 bits per heavy atom. The van der Waals surface area contributed by atoms with Crippen LogP contribution in [0.2, 0.25) is 0 Å². The van der Waals surface area contributed by atoms with E-state index >= 15 is 0 Å². The van der Waals surface area contributed by atoms with Crippen LogP contribution in [0.4, 0.5) is 0 Å². The molecule has 30 heavy (non-hydrogen) atoms. The van der Waals surface area contributed by atoms with Crippen molar-refractivity contribution in [3.05, 3.63) is 93.2 Å². The molecule has 1 N–H and O–H groups in total. The molecule has 0 spiro atoms. The minimum atomic E-state index is -0.683. The fourth-order valence-electron chi connectivity index (χ4n) is 3.72. The Bertz CT molecular complexity index is 1120. The first kappa shape index (κ1) is 19.9. The Kier molecular flexibility index (Phi) is 5.42. The molecule has 1 aliphatic heterocycles. The van der Waals surface area contributed by atoms with Gasteiger partial charge in [-0.2, -0.15) is 0 Å². The molecule has 1 unspecified atom stereocenters. The molecule has 2 heterocycles. The fraction of sp³-hybridized carbons (Fsp3) is 0.167. The smallest absolute Gasteiger partial charge is 0.295 e. The van der Waals surface area contributed by atoms with Crippen molar-refractivity contribution in [3.8, 4) is 5.75 Å². The molecule has 0 bridgehead atoms. The predicted octanol–water partition coefficient (Wildman–Crippen LogP) is 4.69. The number of ether oxygens (including phenoxy) is 1. The van der Waals surface area contributed by atoms with Crippen LogP contribution in [-0.4, -0.2) is 28.8 Å². The van der Waals surface area contributed by atoms with Crippen molar-refractivity contribution in [1.82, 2.24) is 4.90 Å². The van der Waals surface area contributed by atoms with Crippen molar-refractivity contribution < 1.29 is 19.4 Å². The third-order valence-electron chi connectivity index (χ3n) is 5.24. The first-order valence-corrected chi connectivity index (χ1v) is 10.4. The highest BCUT2D eigenvalue weighted by atomic mass is 32.1. The topological polar surface area (TPSA) is 66.8 Å². The van der Waals surface area contributed by atoms with Crippen LogP contribution in [0.1, 0.15) is 27.6 Å². The van der Waals surface area contributed by atoms with Crippen molar-refractivity contribution in [3.63, 3.8) is 0 Å². The molecule has 152 valence electrons. The highest BCUT2D eigenvalue weighted by Gasteiger charge is 2.46. The maximum absolute atomic E-state index is 13.0. The van der Waals surface area contributed by atoms with Crippen LogP contribution < -0.4 is 4.74 Å². The number of carbonyl (C=O) groups excluding carboxylic acids is 2. The number of Topliss-reactive ketones (excluding diaryl/α,β-unsaturated/α-hetero) is 1. The summed E-state index contributed by atoms with van der Waals surface area (Å²) in [4.78, 5) is 28.5. The van der Waals surface area contributed by atoms with Crippen LogP contribution in [0.25, 0.3) is 5.76 Å². The molecule has 1 amide bonds. The molecule has 5 nitrogen and oxygen atoms in total. The number of rotatable bonds is 5. The molecule has 6 heteroatoms. The largest absolute Gasteiger partial charge is 0.507 e. The number of hydrogen-bond acceptors (Lipinski definition) is 5. The molecule has 4 rings (SSSR count). The zero-order valence-electron chi connectivity index (χ0n) is 16.7. The van der Waals surface area contributed by atoms with Crippen LogP contribution in [-0.2, 0) is 16.1 Å². The van der Waals surface area contributed by atoms with Gasteiger partial charge in [-0.25, -0.2) is 0 Å². The Balaban J connectivity index is 1.87. The van der Waals surface area contributed by atoms with Crippen LogP contribution in [0.15, 0.2) is 71.6 Å². The van der Waals surface area contributed by atoms with Gasteiger partial charge in [0, 0.05) is 10.4 Å². The third kappa shape index (κ3) is 3.50. The molecule has 1 saturated heterocycles. The minimum absolute atomic E-state index is 0.0914. The lowest BCUT2D eigenvalue weighted by Crippen LogP contribution is -2.28. The first-order chi connectivity index (χ1) is 14.5. The lowest BCUT2D eigenvalue weighted by atomic mass is 9.95. The molecule has 1 aromatic heterocycles. The Morgan fingerprint density at radius 1 is 1.10 bits per heavy atom. The lowest BCUT2D eigenvalue weighted by Gasteiger charge is -2.25. The summed E-state index contributed by atoms with van der Waals surface area (Å²) in [7, 11) is 1.55. The van der Waals surface area contributed by atoms with Gasteiger partial charge in [-0.05, 0) is 35.6 Å². The minimum Gasteiger partial charge on any atom is -0.507 e. The van der Waals surface area contributed by atoms with Gasteiger partial charge in [-0.1, -0.05) is 48.5 Å². The van der Waals surface area contributed by atoms with Gasteiger partial charge in [-0.15, -0.1) is 11.3 Å². The number of amides is 1. The highest BCUT2D eigenvalue weighted by molar-refractivity contribution is 7.09. The maximum atomic E-state index is 13.0. The van der Waals surface area contributed by atoms with Crippen molar-refractivity contribution in [1.29, 1.82) is 0 Å². The number of benzene rings is 2. The highest BCUT2D eigenvalue weighted by Crippen LogP contribution is 2.41. The van der Waals surface area contributed by atoms with E-state index in [1.165, 1.54) is 16.2 Å². The van der Waals surface area contributed by atoms with Crippen LogP contribution in [0.5, 0.6) is 5.75 Å². The summed E-state index contributed by atoms with van der Waals surface area (Å²) in [5.74, 6) is -0.896. The third-order valence-corrected chi connectivity index (χ3v) is 6.10. The molecular weight excluding hydrogens is 398 g/mol. The van der Waals surface area contributed by atoms with Gasteiger partial charge in [0.15, 0.2) is 0 Å². The standard InChI is InChI=1S/C24H21NO4S/c1-15-10-11-17(13-19(15)29-2)22(26)20-21(16-7-4-3-5-8-16)25(24(28)23(20)27)14-18-9-6-12-30-18/h3-13,21,26H,14H2,1-2H3/b22-20+. The maximum Gasteiger partial charge on any atom is 0.295 e. The molecule has 0 aliphatic carbocycles. The SMILES string of the molecule is COc1cc(/C(O)=C2\C(=O)C(=O)N(Cc3cccs3)C2c2ccccc2)ccc1C. The number of likely N-dealkylation sites (tertiary alicyclic amines) is 1. The fourth-order valence-corrected chi connectivity index (χ4v) is 4.42. The molecule has 1 atom stereocenters. The Labute approximate surface area is 178 Å². The van der Waals surface area contributed by atoms with E-state index < -0.39 is 17.7 Å². The molecular formula is C24H21NO4S. The van der Waals surface area contributed by atoms with Crippen LogP contribution in [0, 0.1) is 6.92 Å². The number of carbonyl (C=O) groups is 2. The monoisotopic (exact) mass is 419 g/mol. The van der Waals surface area contributed by atoms with Gasteiger partial charge >= 0.3 is 0 Å². The number of ketones is 1. The zero-order chi connectivity index (χ0) is 21.3. The number of hydrogen-bond donors (Lipinski definition) is 1. The first-order valence-electron chi connectivity index (χ1n) is 9.52. The summed E-state index contributed by atoms with van der Waals surface area (Å²) in [5, 5.41) is 13.1. The van der Waals surface area contributed by atoms with E-state index in [1.807, 2.05) is 60.8 Å². The van der Waals surface area contributed by atoms with Gasteiger partial charge in [-0.3, -0.25) is 9.59 Å². The van der Waals surface area contributed by atoms with Gasteiger partial charge in [0.2, 0.25) is 0 Å². The number of aryl methyl sites for hydroxylation is 1. The van der Waals surface area contributed by atoms with Gasteiger partial charge < -0.3 is 14.7 Å². The van der Waals surface area contributed by atoms with E-state index in [9.17, 15) is 14.7 Å². The van der Waals surface area contributed by atoms with Crippen molar-refractivity contribution >= 4 is 28.8 Å². The summed E-state index contributed by atoms with van der Waals surface area (Å²) in [5.41, 5.74) is 2.21. The molecule has 3 aromatic rings. The summed E-state index contributed by atoms with van der Waals surface area (Å²) in [6.45, 7) is 2.20. The van der Waals surface area contributed by atoms with Gasteiger partial charge in [0.05, 0.1) is 25.3 Å². The van der Waals surface area contributed by atoms with E-state index in [0.717, 1.165) is 16.0 Å². The van der Waals surface area contributed by atoms with E-state index in [2.05, 4.69) is 0 Å². The van der Waals surface area contributed by atoms with Gasteiger partial charge in [0.1, 0.15) is 11.5 Å². The Morgan fingerprint density at radius 3 is 2.53 bits per heavy atom. The number of aliphatic hydroxyl groups excluding tert-OH is 1. The summed E-state index contributed by atoms with van der Waals surface area (Å²) < 4.78 is 5.35. The molecule has 0 radical (unpaired) electrons. The normalized spacial score (nSPS) is 18.1. The Hall–Kier alpha value is -3.38. The second-order valence-corrected chi connectivity index (χ2v) is 8.13. The molecule has 1 aliphatic rings. The van der Waals surface area contributed by atoms with Crippen molar-refractivity contribution in [2.24, 2.45) is 0 Å². The quantitative estimate of drug-likeness (QED) is 0.370. The lowest BCUT2D eigenvalue weighted by molar-refractivity contribution is -0.140. The number of nitrogens with zero attached hydrogens (tertiary/aromatic N) is 1. The zero-order valence-corrected chi connectivity index (χ0v) is 17.5. The molecule has 0 saturated carbocycles. The van der Waals surface area contributed by atoms with Crippen molar-refractivity contribution in [2.75, 3.05) is 7.11 Å². The van der Waals surface area contributed by atoms with Gasteiger partial charge in [0.25, 0.3) is 11.7 Å². The van der Waals surface area contributed by atoms with E-state index in [0.29, 0.717) is 17.9 Å². The van der Waals surface area contributed by atoms with Crippen LogP contribution >= 0.6 is 11.3 Å².